The number of benzene rings is 1. The van der Waals surface area contributed by atoms with Gasteiger partial charge in [-0.25, -0.2) is 0 Å². The van der Waals surface area contributed by atoms with Crippen LogP contribution in [0.3, 0.4) is 0 Å². The van der Waals surface area contributed by atoms with Crippen LogP contribution in [0.1, 0.15) is 34.1 Å². The number of amides is 1. The lowest BCUT2D eigenvalue weighted by Crippen LogP contribution is -2.36. The summed E-state index contributed by atoms with van der Waals surface area (Å²) in [5.41, 5.74) is 0.635. The Morgan fingerprint density at radius 2 is 2.13 bits per heavy atom. The van der Waals surface area contributed by atoms with Gasteiger partial charge in [0.15, 0.2) is 0 Å². The van der Waals surface area contributed by atoms with Crippen LogP contribution in [0, 0.1) is 0 Å². The lowest BCUT2D eigenvalue weighted by molar-refractivity contribution is 0.0938. The second kappa shape index (κ2) is 7.62. The van der Waals surface area contributed by atoms with Crippen molar-refractivity contribution in [2.45, 2.75) is 18.9 Å². The fraction of sp³-hybridized carbons (Fsp3) is 0.389. The topological polar surface area (TPSA) is 41.6 Å². The molecule has 1 atom stereocenters. The molecular weight excluding hydrogens is 308 g/mol. The van der Waals surface area contributed by atoms with E-state index in [1.165, 1.54) is 17.7 Å². The minimum atomic E-state index is -0.0512. The molecule has 1 fully saturated rings. The number of nitrogens with one attached hydrogen (secondary N) is 1. The SMILES string of the molecule is COc1cccc(C(=O)NCC(c2cccs2)N2CCCC2)c1. The molecule has 1 aliphatic heterocycles. The molecule has 1 amide bonds. The number of carbonyl (C=O) groups is 1. The number of rotatable bonds is 6. The van der Waals surface area contributed by atoms with Crippen molar-refractivity contribution in [1.82, 2.24) is 10.2 Å². The Hall–Kier alpha value is -1.85. The number of methoxy groups -OCH3 is 1. The molecule has 2 aromatic rings. The van der Waals surface area contributed by atoms with Gasteiger partial charge in [0.2, 0.25) is 0 Å². The van der Waals surface area contributed by atoms with Crippen LogP contribution in [-0.2, 0) is 0 Å². The number of hydrogen-bond acceptors (Lipinski definition) is 4. The number of likely N-dealkylation sites (tertiary alicyclic amines) is 1. The molecule has 0 saturated carbocycles. The van der Waals surface area contributed by atoms with E-state index in [-0.39, 0.29) is 11.9 Å². The number of hydrogen-bond donors (Lipinski definition) is 1. The van der Waals surface area contributed by atoms with Gasteiger partial charge in [-0.2, -0.15) is 0 Å². The third-order valence-electron chi connectivity index (χ3n) is 4.24. The van der Waals surface area contributed by atoms with Gasteiger partial charge < -0.3 is 10.1 Å². The molecular formula is C18H22N2O2S. The van der Waals surface area contributed by atoms with Crippen LogP contribution in [0.5, 0.6) is 5.75 Å². The Morgan fingerprint density at radius 1 is 1.30 bits per heavy atom. The first kappa shape index (κ1) is 16.0. The van der Waals surface area contributed by atoms with E-state index in [4.69, 9.17) is 4.74 Å². The minimum Gasteiger partial charge on any atom is -0.497 e. The maximum atomic E-state index is 12.4. The van der Waals surface area contributed by atoms with E-state index in [1.54, 1.807) is 24.5 Å². The van der Waals surface area contributed by atoms with Gasteiger partial charge >= 0.3 is 0 Å². The first-order valence-electron chi connectivity index (χ1n) is 7.97. The van der Waals surface area contributed by atoms with Crippen molar-refractivity contribution < 1.29 is 9.53 Å². The van der Waals surface area contributed by atoms with Gasteiger partial charge in [-0.05, 0) is 55.6 Å². The van der Waals surface area contributed by atoms with Crippen molar-refractivity contribution in [3.05, 3.63) is 52.2 Å². The summed E-state index contributed by atoms with van der Waals surface area (Å²) in [6.07, 6.45) is 2.48. The van der Waals surface area contributed by atoms with E-state index in [0.29, 0.717) is 17.9 Å². The molecule has 0 spiro atoms. The van der Waals surface area contributed by atoms with Crippen molar-refractivity contribution in [2.24, 2.45) is 0 Å². The molecule has 1 aliphatic rings. The van der Waals surface area contributed by atoms with Crippen molar-refractivity contribution in [3.8, 4) is 5.75 Å². The molecule has 0 bridgehead atoms. The molecule has 1 aromatic heterocycles. The average molecular weight is 330 g/mol. The number of nitrogens with zero attached hydrogens (tertiary/aromatic N) is 1. The second-order valence-corrected chi connectivity index (χ2v) is 6.70. The Labute approximate surface area is 141 Å². The third kappa shape index (κ3) is 3.92. The van der Waals surface area contributed by atoms with Gasteiger partial charge in [0, 0.05) is 17.0 Å². The lowest BCUT2D eigenvalue weighted by Gasteiger charge is -2.27. The summed E-state index contributed by atoms with van der Waals surface area (Å²) in [6, 6.07) is 11.8. The Kier molecular flexibility index (Phi) is 5.31. The average Bonchev–Trinajstić information content (AvgIpc) is 3.29. The Bertz CT molecular complexity index is 636. The van der Waals surface area contributed by atoms with E-state index in [0.717, 1.165) is 13.1 Å². The first-order chi connectivity index (χ1) is 11.3. The molecule has 1 saturated heterocycles. The smallest absolute Gasteiger partial charge is 0.251 e. The summed E-state index contributed by atoms with van der Waals surface area (Å²) >= 11 is 1.76. The molecule has 23 heavy (non-hydrogen) atoms. The maximum absolute atomic E-state index is 12.4. The second-order valence-electron chi connectivity index (χ2n) is 5.72. The molecule has 5 heteroatoms. The molecule has 1 aromatic carbocycles. The first-order valence-corrected chi connectivity index (χ1v) is 8.85. The molecule has 2 heterocycles. The standard InChI is InChI=1S/C18H22N2O2S/c1-22-15-7-4-6-14(12-15)18(21)19-13-16(17-8-5-11-23-17)20-9-2-3-10-20/h4-8,11-12,16H,2-3,9-10,13H2,1H3,(H,19,21). The predicted molar refractivity (Wildman–Crippen MR) is 93.2 cm³/mol. The summed E-state index contributed by atoms with van der Waals surface area (Å²) in [5.74, 6) is 0.650. The lowest BCUT2D eigenvalue weighted by atomic mass is 10.1. The van der Waals surface area contributed by atoms with Gasteiger partial charge in [-0.15, -0.1) is 11.3 Å². The third-order valence-corrected chi connectivity index (χ3v) is 5.21. The highest BCUT2D eigenvalue weighted by atomic mass is 32.1. The predicted octanol–water partition coefficient (Wildman–Crippen LogP) is 3.32. The van der Waals surface area contributed by atoms with Crippen LogP contribution in [0.25, 0.3) is 0 Å². The van der Waals surface area contributed by atoms with Crippen molar-refractivity contribution >= 4 is 17.2 Å². The number of thiophene rings is 1. The van der Waals surface area contributed by atoms with Gasteiger partial charge in [0.05, 0.1) is 13.2 Å². The monoisotopic (exact) mass is 330 g/mol. The van der Waals surface area contributed by atoms with Crippen LogP contribution in [0.4, 0.5) is 0 Å². The van der Waals surface area contributed by atoms with Gasteiger partial charge in [0.25, 0.3) is 5.91 Å². The van der Waals surface area contributed by atoms with Gasteiger partial charge in [0.1, 0.15) is 5.75 Å². The molecule has 122 valence electrons. The summed E-state index contributed by atoms with van der Waals surface area (Å²) < 4.78 is 5.18. The van der Waals surface area contributed by atoms with E-state index >= 15 is 0 Å². The zero-order valence-electron chi connectivity index (χ0n) is 13.3. The van der Waals surface area contributed by atoms with Crippen LogP contribution in [0.15, 0.2) is 41.8 Å². The summed E-state index contributed by atoms with van der Waals surface area (Å²) in [4.78, 5) is 16.2. The molecule has 0 radical (unpaired) electrons. The summed E-state index contributed by atoms with van der Waals surface area (Å²) in [7, 11) is 1.61. The molecule has 4 nitrogen and oxygen atoms in total. The van der Waals surface area contributed by atoms with Gasteiger partial charge in [-0.3, -0.25) is 9.69 Å². The fourth-order valence-corrected chi connectivity index (χ4v) is 3.86. The zero-order valence-corrected chi connectivity index (χ0v) is 14.1. The normalized spacial score (nSPS) is 16.2. The Balaban J connectivity index is 1.67. The highest BCUT2D eigenvalue weighted by Gasteiger charge is 2.24. The largest absolute Gasteiger partial charge is 0.497 e. The van der Waals surface area contributed by atoms with Crippen LogP contribution in [-0.4, -0.2) is 37.6 Å². The van der Waals surface area contributed by atoms with Crippen LogP contribution < -0.4 is 10.1 Å². The van der Waals surface area contributed by atoms with Crippen molar-refractivity contribution in [2.75, 3.05) is 26.7 Å². The molecule has 3 rings (SSSR count). The van der Waals surface area contributed by atoms with E-state index in [9.17, 15) is 4.79 Å². The highest BCUT2D eigenvalue weighted by Crippen LogP contribution is 2.28. The Morgan fingerprint density at radius 3 is 2.83 bits per heavy atom. The minimum absolute atomic E-state index is 0.0512. The van der Waals surface area contributed by atoms with E-state index in [1.807, 2.05) is 18.2 Å². The zero-order chi connectivity index (χ0) is 16.1. The van der Waals surface area contributed by atoms with Crippen molar-refractivity contribution in [1.29, 1.82) is 0 Å². The number of carbonyl (C=O) groups excluding carboxylic acids is 1. The molecule has 1 unspecified atom stereocenters. The van der Waals surface area contributed by atoms with E-state index < -0.39 is 0 Å². The van der Waals surface area contributed by atoms with Gasteiger partial charge in [-0.1, -0.05) is 12.1 Å². The summed E-state index contributed by atoms with van der Waals surface area (Å²) in [6.45, 7) is 2.85. The van der Waals surface area contributed by atoms with Crippen LogP contribution in [0.2, 0.25) is 0 Å². The molecule has 1 N–H and O–H groups in total. The number of ether oxygens (including phenoxy) is 1. The van der Waals surface area contributed by atoms with Crippen molar-refractivity contribution in [3.63, 3.8) is 0 Å². The quantitative estimate of drug-likeness (QED) is 0.883. The highest BCUT2D eigenvalue weighted by molar-refractivity contribution is 7.10. The maximum Gasteiger partial charge on any atom is 0.251 e. The fourth-order valence-electron chi connectivity index (χ4n) is 3.00. The molecule has 0 aliphatic carbocycles. The van der Waals surface area contributed by atoms with E-state index in [2.05, 4.69) is 27.7 Å². The summed E-state index contributed by atoms with van der Waals surface area (Å²) in [5, 5.41) is 5.19. The van der Waals surface area contributed by atoms with Crippen LogP contribution >= 0.6 is 11.3 Å².